The quantitative estimate of drug-likeness (QED) is 0.149. The second-order valence-corrected chi connectivity index (χ2v) is 16.0. The standard InChI is InChI=1S/C36H31N2OPS2.Os/c1-4-15-27-24-39-25-28(27)23-32(34-38-36-35(42-34)37-33(41-36)16-5-2)26(3)40(29-17-9-6-10-18-29,30-19-11-7-12-20-30)31-21-13-8-14-22-31;/h5-23H,4,24-25H2,1-2H3;/q+1;/b16-5+,27-15?,28-23?,32-26?;. The number of benzene rings is 3. The first-order chi connectivity index (χ1) is 21.2. The second kappa shape index (κ2) is 13.7. The molecule has 215 valence electrons. The first-order valence-electron chi connectivity index (χ1n) is 14.2. The second-order valence-electron chi connectivity index (χ2n) is 10.0. The molecule has 7 heteroatoms. The van der Waals surface area contributed by atoms with E-state index in [4.69, 9.17) is 14.7 Å². The van der Waals surface area contributed by atoms with Crippen LogP contribution in [0.3, 0.4) is 0 Å². The molecule has 43 heavy (non-hydrogen) atoms. The van der Waals surface area contributed by atoms with Crippen molar-refractivity contribution in [1.82, 2.24) is 9.97 Å². The molecule has 0 N–H and O–H groups in total. The van der Waals surface area contributed by atoms with Gasteiger partial charge in [0.05, 0.1) is 0 Å². The maximum absolute atomic E-state index is 5.99. The summed E-state index contributed by atoms with van der Waals surface area (Å²) in [5.41, 5.74) is 3.57. The van der Waals surface area contributed by atoms with Crippen LogP contribution in [0.5, 0.6) is 0 Å². The number of aromatic nitrogens is 2. The van der Waals surface area contributed by atoms with Gasteiger partial charge >= 0.3 is 273 Å². The molecule has 3 aromatic carbocycles. The molecule has 2 aromatic heterocycles. The van der Waals surface area contributed by atoms with Crippen molar-refractivity contribution in [3.05, 3.63) is 136 Å². The van der Waals surface area contributed by atoms with Gasteiger partial charge in [-0.05, 0) is 0 Å². The van der Waals surface area contributed by atoms with Gasteiger partial charge in [-0.15, -0.1) is 0 Å². The first-order valence-corrected chi connectivity index (χ1v) is 18.9. The number of allylic oxidation sites excluding steroid dienone is 5. The van der Waals surface area contributed by atoms with E-state index in [1.165, 1.54) is 32.4 Å². The summed E-state index contributed by atoms with van der Waals surface area (Å²) in [6.07, 6.45) is 9.67. The third-order valence-corrected chi connectivity index (χ3v) is 14.7. The third-order valence-electron chi connectivity index (χ3n) is 7.33. The predicted octanol–water partition coefficient (Wildman–Crippen LogP) is 8.29. The summed E-state index contributed by atoms with van der Waals surface area (Å²) < 4.78 is 9.81. The van der Waals surface area contributed by atoms with Gasteiger partial charge in [0.25, 0.3) is 0 Å². The van der Waals surface area contributed by atoms with Crippen molar-refractivity contribution in [2.75, 3.05) is 13.2 Å². The van der Waals surface area contributed by atoms with Crippen LogP contribution in [0.1, 0.15) is 30.3 Å². The van der Waals surface area contributed by atoms with E-state index in [0.29, 0.717) is 13.2 Å². The minimum atomic E-state index is -2.41. The number of fused-ring (bicyclic) bond motifs is 1. The average molecular weight is 793 g/mol. The third kappa shape index (κ3) is 5.90. The van der Waals surface area contributed by atoms with E-state index in [1.807, 2.05) is 19.1 Å². The Morgan fingerprint density at radius 3 is 1.91 bits per heavy atom. The van der Waals surface area contributed by atoms with E-state index in [0.717, 1.165) is 31.7 Å². The summed E-state index contributed by atoms with van der Waals surface area (Å²) in [6, 6.07) is 32.9. The molecule has 0 unspecified atom stereocenters. The number of hydrogen-bond donors (Lipinski definition) is 0. The van der Waals surface area contributed by atoms with Crippen molar-refractivity contribution in [3.8, 4) is 4.37 Å². The molecule has 6 rings (SSSR count). The maximum atomic E-state index is 5.99. The molecule has 0 aliphatic carbocycles. The fourth-order valence-electron chi connectivity index (χ4n) is 5.50. The van der Waals surface area contributed by atoms with Crippen molar-refractivity contribution in [1.29, 1.82) is 0 Å². The van der Waals surface area contributed by atoms with E-state index < -0.39 is 7.26 Å². The molecule has 3 heterocycles. The molecule has 0 saturated carbocycles. The molecular weight excluding hydrogens is 762 g/mol. The minimum absolute atomic E-state index is 0.589. The molecule has 0 bridgehead atoms. The van der Waals surface area contributed by atoms with Gasteiger partial charge in [0.1, 0.15) is 0 Å². The molecule has 1 saturated heterocycles. The zero-order valence-corrected chi connectivity index (χ0v) is 29.1. The van der Waals surface area contributed by atoms with Gasteiger partial charge in [-0.25, -0.2) is 0 Å². The Labute approximate surface area is 271 Å². The van der Waals surface area contributed by atoms with Gasteiger partial charge in [-0.3, -0.25) is 0 Å². The van der Waals surface area contributed by atoms with Crippen LogP contribution in [-0.2, 0) is 22.7 Å². The molecule has 3 nitrogen and oxygen atoms in total. The average Bonchev–Trinajstić information content (AvgIpc) is 3.76. The van der Waals surface area contributed by atoms with Crippen LogP contribution >= 0.6 is 29.9 Å². The molecule has 1 fully saturated rings. The molecule has 0 amide bonds. The Morgan fingerprint density at radius 2 is 1.40 bits per heavy atom. The topological polar surface area (TPSA) is 35.0 Å². The van der Waals surface area contributed by atoms with Gasteiger partial charge in [0, 0.05) is 0 Å². The van der Waals surface area contributed by atoms with Crippen LogP contribution in [0.25, 0.3) is 21.3 Å². The van der Waals surface area contributed by atoms with Gasteiger partial charge in [-0.1, -0.05) is 0 Å². The zero-order valence-electron chi connectivity index (χ0n) is 24.0. The van der Waals surface area contributed by atoms with E-state index in [2.05, 4.69) is 114 Å². The van der Waals surface area contributed by atoms with Gasteiger partial charge in [-0.2, -0.15) is 0 Å². The number of thiazole rings is 2. The zero-order chi connectivity index (χ0) is 29.6. The van der Waals surface area contributed by atoms with Crippen LogP contribution in [0, 0.1) is 4.37 Å². The SMILES string of the molecule is C/C=C/c1nc2sc(C(C=C3COCC3=CCC)=C([C]#[Os])[P+](c3ccccc3)(c3ccccc3)c3ccccc3)nc2s1. The summed E-state index contributed by atoms with van der Waals surface area (Å²) in [5, 5.41) is 7.00. The van der Waals surface area contributed by atoms with Crippen LogP contribution in [0.15, 0.2) is 126 Å². The van der Waals surface area contributed by atoms with Gasteiger partial charge < -0.3 is 0 Å². The molecule has 0 spiro atoms. The van der Waals surface area contributed by atoms with Crippen LogP contribution in [-0.4, -0.2) is 23.2 Å². The normalized spacial score (nSPS) is 16.3. The summed E-state index contributed by atoms with van der Waals surface area (Å²) in [5.74, 6) is 0. The van der Waals surface area contributed by atoms with Crippen LogP contribution in [0.2, 0.25) is 0 Å². The summed E-state index contributed by atoms with van der Waals surface area (Å²) in [7, 11) is -2.41. The van der Waals surface area contributed by atoms with E-state index in [1.54, 1.807) is 40.6 Å². The first kappa shape index (κ1) is 30.0. The Morgan fingerprint density at radius 1 is 0.837 bits per heavy atom. The van der Waals surface area contributed by atoms with E-state index in [-0.39, 0.29) is 0 Å². The Bertz CT molecular complexity index is 1770. The van der Waals surface area contributed by atoms with Crippen molar-refractivity contribution in [3.63, 3.8) is 0 Å². The molecule has 1 aliphatic rings. The van der Waals surface area contributed by atoms with Crippen molar-refractivity contribution >= 4 is 67.2 Å². The van der Waals surface area contributed by atoms with E-state index >= 15 is 0 Å². The number of hydrogen-bond acceptors (Lipinski definition) is 5. The van der Waals surface area contributed by atoms with Crippen LogP contribution < -0.4 is 15.9 Å². The Hall–Kier alpha value is -3.05. The summed E-state index contributed by atoms with van der Waals surface area (Å²) in [4.78, 5) is 12.1. The number of ether oxygens (including phenoxy) is 1. The fraction of sp³-hybridized carbons (Fsp3) is 0.139. The van der Waals surface area contributed by atoms with Gasteiger partial charge in [0.15, 0.2) is 0 Å². The molecule has 0 radical (unpaired) electrons. The number of rotatable bonds is 8. The molecule has 0 atom stereocenters. The van der Waals surface area contributed by atoms with Crippen LogP contribution in [0.4, 0.5) is 0 Å². The van der Waals surface area contributed by atoms with Gasteiger partial charge in [0.2, 0.25) is 0 Å². The molecular formula is C36H31N2OOsPS2+. The summed E-state index contributed by atoms with van der Waals surface area (Å²) >= 11 is 5.11. The monoisotopic (exact) mass is 794 g/mol. The Kier molecular flexibility index (Phi) is 9.57. The predicted molar refractivity (Wildman–Crippen MR) is 183 cm³/mol. The molecule has 5 aromatic rings. The van der Waals surface area contributed by atoms with E-state index in [9.17, 15) is 0 Å². The van der Waals surface area contributed by atoms with Crippen molar-refractivity contribution in [2.24, 2.45) is 0 Å². The molecule has 1 aliphatic heterocycles. The summed E-state index contributed by atoms with van der Waals surface area (Å²) in [6.45, 7) is 5.43. The Balaban J connectivity index is 1.75. The van der Waals surface area contributed by atoms with Crippen molar-refractivity contribution in [2.45, 2.75) is 20.3 Å². The fourth-order valence-corrected chi connectivity index (χ4v) is 13.4. The number of nitrogens with zero attached hydrogens (tertiary/aromatic N) is 2. The van der Waals surface area contributed by atoms with Crippen molar-refractivity contribution < 1.29 is 22.7 Å².